The number of nitrogens with one attached hydrogen (secondary N) is 1. The zero-order valence-electron chi connectivity index (χ0n) is 10.9. The molecule has 0 atom stereocenters. The highest BCUT2D eigenvalue weighted by atomic mass is 15.3. The van der Waals surface area contributed by atoms with Crippen molar-refractivity contribution in [3.8, 4) is 0 Å². The summed E-state index contributed by atoms with van der Waals surface area (Å²) < 4.78 is 3.67. The van der Waals surface area contributed by atoms with Crippen LogP contribution in [-0.2, 0) is 20.0 Å². The SMILES string of the molecule is CCc1nn(C)cc1CNc1nccn2cnnc12. The van der Waals surface area contributed by atoms with E-state index >= 15 is 0 Å². The highest BCUT2D eigenvalue weighted by Gasteiger charge is 2.08. The van der Waals surface area contributed by atoms with E-state index in [-0.39, 0.29) is 0 Å². The van der Waals surface area contributed by atoms with Gasteiger partial charge in [-0.1, -0.05) is 6.92 Å². The van der Waals surface area contributed by atoms with Gasteiger partial charge in [-0.25, -0.2) is 4.98 Å². The van der Waals surface area contributed by atoms with Crippen LogP contribution in [0.5, 0.6) is 0 Å². The largest absolute Gasteiger partial charge is 0.363 e. The smallest absolute Gasteiger partial charge is 0.203 e. The molecule has 98 valence electrons. The highest BCUT2D eigenvalue weighted by molar-refractivity contribution is 5.61. The Labute approximate surface area is 110 Å². The predicted octanol–water partition coefficient (Wildman–Crippen LogP) is 1.03. The maximum atomic E-state index is 4.42. The fraction of sp³-hybridized carbons (Fsp3) is 0.333. The van der Waals surface area contributed by atoms with Crippen molar-refractivity contribution in [2.75, 3.05) is 5.32 Å². The first-order valence-electron chi connectivity index (χ1n) is 6.17. The van der Waals surface area contributed by atoms with Gasteiger partial charge in [0.1, 0.15) is 6.33 Å². The maximum Gasteiger partial charge on any atom is 0.203 e. The van der Waals surface area contributed by atoms with Gasteiger partial charge in [-0.2, -0.15) is 5.10 Å². The van der Waals surface area contributed by atoms with Crippen molar-refractivity contribution in [3.63, 3.8) is 0 Å². The highest BCUT2D eigenvalue weighted by Crippen LogP contribution is 2.13. The molecular weight excluding hydrogens is 242 g/mol. The molecule has 0 saturated carbocycles. The van der Waals surface area contributed by atoms with Gasteiger partial charge < -0.3 is 5.32 Å². The van der Waals surface area contributed by atoms with Crippen LogP contribution >= 0.6 is 0 Å². The third-order valence-corrected chi connectivity index (χ3v) is 2.99. The molecule has 0 aliphatic carbocycles. The molecule has 0 aromatic carbocycles. The zero-order chi connectivity index (χ0) is 13.2. The van der Waals surface area contributed by atoms with Crippen LogP contribution in [0.1, 0.15) is 18.2 Å². The van der Waals surface area contributed by atoms with Gasteiger partial charge in [0.2, 0.25) is 5.65 Å². The van der Waals surface area contributed by atoms with Crippen LogP contribution in [0.15, 0.2) is 24.9 Å². The molecule has 19 heavy (non-hydrogen) atoms. The Morgan fingerprint density at radius 3 is 3.11 bits per heavy atom. The molecule has 3 aromatic heterocycles. The number of anilines is 1. The van der Waals surface area contributed by atoms with E-state index in [1.165, 1.54) is 5.56 Å². The molecule has 0 saturated heterocycles. The van der Waals surface area contributed by atoms with Gasteiger partial charge in [-0.15, -0.1) is 10.2 Å². The molecule has 0 fully saturated rings. The number of hydrogen-bond acceptors (Lipinski definition) is 5. The van der Waals surface area contributed by atoms with Crippen molar-refractivity contribution in [1.29, 1.82) is 0 Å². The third kappa shape index (κ3) is 2.14. The number of hydrogen-bond donors (Lipinski definition) is 1. The molecule has 0 unspecified atom stereocenters. The Hall–Kier alpha value is -2.44. The van der Waals surface area contributed by atoms with E-state index in [1.54, 1.807) is 12.5 Å². The first-order valence-corrected chi connectivity index (χ1v) is 6.17. The van der Waals surface area contributed by atoms with Crippen LogP contribution in [0.3, 0.4) is 0 Å². The quantitative estimate of drug-likeness (QED) is 0.755. The normalized spacial score (nSPS) is 11.1. The van der Waals surface area contributed by atoms with Crippen molar-refractivity contribution in [1.82, 2.24) is 29.4 Å². The fourth-order valence-electron chi connectivity index (χ4n) is 2.09. The minimum absolute atomic E-state index is 0.677. The van der Waals surface area contributed by atoms with Gasteiger partial charge in [-0.05, 0) is 6.42 Å². The fourth-order valence-corrected chi connectivity index (χ4v) is 2.09. The van der Waals surface area contributed by atoms with Gasteiger partial charge in [0, 0.05) is 37.7 Å². The Morgan fingerprint density at radius 2 is 2.26 bits per heavy atom. The molecule has 0 radical (unpaired) electrons. The molecule has 1 N–H and O–H groups in total. The lowest BCUT2D eigenvalue weighted by Gasteiger charge is -2.05. The molecule has 3 heterocycles. The summed E-state index contributed by atoms with van der Waals surface area (Å²) in [6.45, 7) is 2.78. The Balaban J connectivity index is 1.84. The van der Waals surface area contributed by atoms with Crippen LogP contribution in [0, 0.1) is 0 Å². The summed E-state index contributed by atoms with van der Waals surface area (Å²) in [4.78, 5) is 4.29. The molecule has 0 aliphatic rings. The van der Waals surface area contributed by atoms with Crippen LogP contribution in [0.25, 0.3) is 5.65 Å². The lowest BCUT2D eigenvalue weighted by molar-refractivity contribution is 0.746. The number of nitrogens with zero attached hydrogens (tertiary/aromatic N) is 6. The number of aryl methyl sites for hydroxylation is 2. The molecule has 0 bridgehead atoms. The molecule has 3 aromatic rings. The number of fused-ring (bicyclic) bond motifs is 1. The van der Waals surface area contributed by atoms with Crippen LogP contribution in [0.2, 0.25) is 0 Å². The second kappa shape index (κ2) is 4.68. The summed E-state index contributed by atoms with van der Waals surface area (Å²) in [5.74, 6) is 0.728. The standard InChI is InChI=1S/C12H15N7/c1-3-10-9(7-18(2)17-10)6-14-11-12-16-15-8-19(12)5-4-13-11/h4-5,7-8H,3,6H2,1-2H3,(H,13,14). The van der Waals surface area contributed by atoms with E-state index < -0.39 is 0 Å². The second-order valence-corrected chi connectivity index (χ2v) is 4.32. The first kappa shape index (κ1) is 11.6. The van der Waals surface area contributed by atoms with E-state index in [0.717, 1.165) is 23.6 Å². The number of rotatable bonds is 4. The summed E-state index contributed by atoms with van der Waals surface area (Å²) in [5.41, 5.74) is 3.00. The van der Waals surface area contributed by atoms with Crippen molar-refractivity contribution in [3.05, 3.63) is 36.2 Å². The first-order chi connectivity index (χ1) is 9.28. The van der Waals surface area contributed by atoms with Gasteiger partial charge >= 0.3 is 0 Å². The van der Waals surface area contributed by atoms with E-state index in [9.17, 15) is 0 Å². The van der Waals surface area contributed by atoms with E-state index in [2.05, 4.69) is 32.5 Å². The minimum Gasteiger partial charge on any atom is -0.363 e. The van der Waals surface area contributed by atoms with E-state index in [0.29, 0.717) is 6.54 Å². The second-order valence-electron chi connectivity index (χ2n) is 4.32. The summed E-state index contributed by atoms with van der Waals surface area (Å²) in [5, 5.41) is 15.6. The lowest BCUT2D eigenvalue weighted by Crippen LogP contribution is -2.04. The Kier molecular flexibility index (Phi) is 2.86. The van der Waals surface area contributed by atoms with Crippen molar-refractivity contribution in [2.45, 2.75) is 19.9 Å². The van der Waals surface area contributed by atoms with E-state index in [4.69, 9.17) is 0 Å². The molecule has 0 aliphatic heterocycles. The van der Waals surface area contributed by atoms with Crippen LogP contribution in [-0.4, -0.2) is 29.4 Å². The van der Waals surface area contributed by atoms with Crippen molar-refractivity contribution < 1.29 is 0 Å². The summed E-state index contributed by atoms with van der Waals surface area (Å²) >= 11 is 0. The summed E-state index contributed by atoms with van der Waals surface area (Å²) in [7, 11) is 1.93. The zero-order valence-corrected chi connectivity index (χ0v) is 10.9. The van der Waals surface area contributed by atoms with Crippen LogP contribution in [0.4, 0.5) is 5.82 Å². The average molecular weight is 257 g/mol. The van der Waals surface area contributed by atoms with E-state index in [1.807, 2.05) is 28.5 Å². The third-order valence-electron chi connectivity index (χ3n) is 2.99. The van der Waals surface area contributed by atoms with Gasteiger partial charge in [0.05, 0.1) is 5.69 Å². The molecule has 7 heteroatoms. The topological polar surface area (TPSA) is 72.9 Å². The van der Waals surface area contributed by atoms with Crippen molar-refractivity contribution >= 4 is 11.5 Å². The molecule has 7 nitrogen and oxygen atoms in total. The monoisotopic (exact) mass is 257 g/mol. The summed E-state index contributed by atoms with van der Waals surface area (Å²) in [6.07, 6.45) is 8.14. The average Bonchev–Trinajstić information content (AvgIpc) is 3.02. The van der Waals surface area contributed by atoms with Crippen LogP contribution < -0.4 is 5.32 Å². The summed E-state index contributed by atoms with van der Waals surface area (Å²) in [6, 6.07) is 0. The lowest BCUT2D eigenvalue weighted by atomic mass is 10.2. The maximum absolute atomic E-state index is 4.42. The van der Waals surface area contributed by atoms with Crippen molar-refractivity contribution in [2.24, 2.45) is 7.05 Å². The predicted molar refractivity (Wildman–Crippen MR) is 70.7 cm³/mol. The molecule has 3 rings (SSSR count). The molecule has 0 amide bonds. The minimum atomic E-state index is 0.677. The van der Waals surface area contributed by atoms with Gasteiger partial charge in [0.15, 0.2) is 5.82 Å². The number of aromatic nitrogens is 6. The Morgan fingerprint density at radius 1 is 1.37 bits per heavy atom. The molecule has 0 spiro atoms. The van der Waals surface area contributed by atoms with Gasteiger partial charge in [0.25, 0.3) is 0 Å². The Bertz CT molecular complexity index is 697. The van der Waals surface area contributed by atoms with Gasteiger partial charge in [-0.3, -0.25) is 9.08 Å². The molecular formula is C12H15N7.